The lowest BCUT2D eigenvalue weighted by molar-refractivity contribution is -0.991. The fraction of sp³-hybridized carbons (Fsp3) is 0.214. The van der Waals surface area contributed by atoms with Crippen LogP contribution in [0.5, 0.6) is 0 Å². The summed E-state index contributed by atoms with van der Waals surface area (Å²) >= 11 is 0. The minimum atomic E-state index is -1.89. The first-order chi connectivity index (χ1) is 21.9. The largest absolute Gasteiger partial charge is 0.595 e. The van der Waals surface area contributed by atoms with E-state index < -0.39 is 70.6 Å². The molecule has 3 aromatic rings. The molecule has 4 rings (SSSR count). The molecule has 7 atom stereocenters. The molecule has 6 N–H and O–H groups in total. The van der Waals surface area contributed by atoms with Crippen molar-refractivity contribution in [3.8, 4) is 0 Å². The van der Waals surface area contributed by atoms with Crippen molar-refractivity contribution in [3.63, 3.8) is 0 Å². The third-order valence-corrected chi connectivity index (χ3v) is 6.71. The molecule has 0 radical (unpaired) electrons. The molecule has 0 bridgehead atoms. The first-order valence-electron chi connectivity index (χ1n) is 13.2. The third-order valence-electron chi connectivity index (χ3n) is 6.71. The molecule has 3 unspecified atom stereocenters. The second-order valence-electron chi connectivity index (χ2n) is 9.61. The number of methoxy groups -OCH3 is 1. The van der Waals surface area contributed by atoms with Crippen molar-refractivity contribution >= 4 is 40.9 Å². The number of hydrogen-bond donors (Lipinski definition) is 6. The Bertz CT molecular complexity index is 1530. The number of carbonyl (C=O) groups is 4. The maximum Gasteiger partial charge on any atom is 0.350 e. The molecule has 3 aromatic carbocycles. The van der Waals surface area contributed by atoms with Crippen molar-refractivity contribution in [2.75, 3.05) is 13.7 Å². The smallest absolute Gasteiger partial charge is 0.350 e. The van der Waals surface area contributed by atoms with Gasteiger partial charge in [0.15, 0.2) is 29.3 Å². The highest BCUT2D eigenvalue weighted by Gasteiger charge is 2.51. The van der Waals surface area contributed by atoms with Crippen LogP contribution in [0.25, 0.3) is 0 Å². The van der Waals surface area contributed by atoms with E-state index in [4.69, 9.17) is 39.3 Å². The van der Waals surface area contributed by atoms with E-state index in [9.17, 15) is 34.8 Å². The normalized spacial score (nSPS) is 20.1. The van der Waals surface area contributed by atoms with Gasteiger partial charge in [-0.05, 0) is 36.4 Å². The Morgan fingerprint density at radius 2 is 1.09 bits per heavy atom. The van der Waals surface area contributed by atoms with Gasteiger partial charge in [-0.15, -0.1) is 0 Å². The Hall–Kier alpha value is -4.86. The lowest BCUT2D eigenvalue weighted by Gasteiger charge is -2.27. The summed E-state index contributed by atoms with van der Waals surface area (Å²) in [6, 6.07) is 13.9. The van der Waals surface area contributed by atoms with Gasteiger partial charge >= 0.3 is 23.9 Å². The Kier molecular flexibility index (Phi) is 11.1. The fourth-order valence-corrected chi connectivity index (χ4v) is 4.30. The maximum absolute atomic E-state index is 13.1. The molecule has 1 fully saturated rings. The number of quaternary nitrogens is 3. The highest BCUT2D eigenvalue weighted by atomic mass is 16.8. The molecule has 0 aliphatic carbocycles. The van der Waals surface area contributed by atoms with Gasteiger partial charge in [0.2, 0.25) is 6.10 Å². The number of carbonyl (C=O) groups excluding carboxylic acids is 4. The van der Waals surface area contributed by atoms with Crippen LogP contribution in [0.3, 0.4) is 0 Å². The predicted octanol–water partition coefficient (Wildman–Crippen LogP) is -1.55. The molecule has 0 saturated carbocycles. The second-order valence-corrected chi connectivity index (χ2v) is 9.61. The van der Waals surface area contributed by atoms with E-state index in [0.29, 0.717) is 0 Å². The van der Waals surface area contributed by atoms with Crippen LogP contribution in [0.4, 0.5) is 17.1 Å². The van der Waals surface area contributed by atoms with Crippen LogP contribution in [0.15, 0.2) is 72.8 Å². The molecule has 18 heteroatoms. The molecular formula is C28H27N3O15. The molecule has 1 aliphatic rings. The van der Waals surface area contributed by atoms with E-state index in [0.717, 1.165) is 43.5 Å². The van der Waals surface area contributed by atoms with E-state index in [2.05, 4.69) is 0 Å². The SMILES string of the molecule is COC(=O)[C@H](OC(=O)c1ccc([NH+]([O-])O)cc1)[C@@H]1OC[C@H](OC(=O)c2ccc([NH+]([O-])O)cc2)[C@@H]1OC(=O)c1ccc([NH+]([O-])O)cc1. The van der Waals surface area contributed by atoms with Crippen LogP contribution in [-0.4, -0.2) is 77.6 Å². The van der Waals surface area contributed by atoms with Crippen LogP contribution in [0.1, 0.15) is 31.1 Å². The lowest BCUT2D eigenvalue weighted by atomic mass is 10.0. The summed E-state index contributed by atoms with van der Waals surface area (Å²) in [5.74, 6) is -4.24. The summed E-state index contributed by atoms with van der Waals surface area (Å²) in [4.78, 5) is 51.9. The van der Waals surface area contributed by atoms with Gasteiger partial charge in [-0.3, -0.25) is 0 Å². The van der Waals surface area contributed by atoms with E-state index in [1.165, 1.54) is 36.4 Å². The van der Waals surface area contributed by atoms with Crippen molar-refractivity contribution in [2.45, 2.75) is 24.4 Å². The fourth-order valence-electron chi connectivity index (χ4n) is 4.30. The zero-order valence-electron chi connectivity index (χ0n) is 23.7. The molecule has 1 heterocycles. The number of ether oxygens (including phenoxy) is 5. The Morgan fingerprint density at radius 1 is 0.696 bits per heavy atom. The summed E-state index contributed by atoms with van der Waals surface area (Å²) in [7, 11) is 0.989. The highest BCUT2D eigenvalue weighted by Crippen LogP contribution is 2.28. The van der Waals surface area contributed by atoms with Crippen LogP contribution in [-0.2, 0) is 28.5 Å². The van der Waals surface area contributed by atoms with Crippen molar-refractivity contribution in [1.82, 2.24) is 0 Å². The Labute approximate surface area is 258 Å². The van der Waals surface area contributed by atoms with Crippen molar-refractivity contribution in [1.29, 1.82) is 0 Å². The van der Waals surface area contributed by atoms with Gasteiger partial charge in [-0.25, -0.2) is 34.8 Å². The predicted molar refractivity (Wildman–Crippen MR) is 146 cm³/mol. The van der Waals surface area contributed by atoms with Crippen molar-refractivity contribution in [3.05, 3.63) is 105 Å². The monoisotopic (exact) mass is 645 g/mol. The first-order valence-corrected chi connectivity index (χ1v) is 13.2. The van der Waals surface area contributed by atoms with Crippen LogP contribution < -0.4 is 15.7 Å². The number of benzene rings is 3. The molecule has 0 amide bonds. The standard InChI is InChI=1S/C28H27N3O15/c1-42-28(35)24(46-27(34)17-6-12-20(13-7-17)31(40)41)23-22(45-26(33)16-4-10-19(11-5-16)30(38)39)21(14-43-23)44-25(32)15-2-8-18(9-3-15)29(36)37/h2-13,21-24,29-31,36,38,40H,14H2,1H3/t21-,22-,23+,24+/m0/s1. The molecule has 244 valence electrons. The molecule has 0 spiro atoms. The molecule has 1 saturated heterocycles. The molecule has 46 heavy (non-hydrogen) atoms. The third kappa shape index (κ3) is 8.04. The second kappa shape index (κ2) is 14.9. The van der Waals surface area contributed by atoms with Gasteiger partial charge in [-0.2, -0.15) is 15.7 Å². The van der Waals surface area contributed by atoms with Gasteiger partial charge in [0.05, 0.1) is 30.4 Å². The van der Waals surface area contributed by atoms with Crippen LogP contribution in [0, 0.1) is 15.6 Å². The average Bonchev–Trinajstić information content (AvgIpc) is 3.43. The van der Waals surface area contributed by atoms with E-state index in [-0.39, 0.29) is 33.8 Å². The molecule has 18 nitrogen and oxygen atoms in total. The van der Waals surface area contributed by atoms with E-state index in [1.54, 1.807) is 0 Å². The summed E-state index contributed by atoms with van der Waals surface area (Å²) in [6.45, 7) is -0.460. The summed E-state index contributed by atoms with van der Waals surface area (Å²) < 4.78 is 26.9. The Morgan fingerprint density at radius 3 is 1.48 bits per heavy atom. The van der Waals surface area contributed by atoms with Gasteiger partial charge in [0.1, 0.15) is 6.10 Å². The molecular weight excluding hydrogens is 618 g/mol. The summed E-state index contributed by atoms with van der Waals surface area (Å²) in [5.41, 5.74) is -0.656. The average molecular weight is 646 g/mol. The number of rotatable bonds is 11. The summed E-state index contributed by atoms with van der Waals surface area (Å²) in [5, 5.41) is 57.2. The Balaban J connectivity index is 1.61. The minimum Gasteiger partial charge on any atom is -0.595 e. The zero-order valence-corrected chi connectivity index (χ0v) is 23.7. The van der Waals surface area contributed by atoms with E-state index >= 15 is 0 Å². The summed E-state index contributed by atoms with van der Waals surface area (Å²) in [6.07, 6.45) is -6.47. The number of esters is 4. The minimum absolute atomic E-state index is 0.0662. The number of nitrogens with one attached hydrogen (secondary N) is 3. The zero-order chi connectivity index (χ0) is 33.5. The first kappa shape index (κ1) is 34.0. The quantitative estimate of drug-likeness (QED) is 0.0783. The van der Waals surface area contributed by atoms with Crippen LogP contribution in [0.2, 0.25) is 0 Å². The van der Waals surface area contributed by atoms with Gasteiger partial charge in [-0.1, -0.05) is 0 Å². The maximum atomic E-state index is 13.1. The van der Waals surface area contributed by atoms with Gasteiger partial charge in [0.25, 0.3) is 0 Å². The number of hydrogen-bond acceptors (Lipinski definition) is 15. The van der Waals surface area contributed by atoms with Crippen molar-refractivity contribution in [2.24, 2.45) is 0 Å². The van der Waals surface area contributed by atoms with Gasteiger partial charge in [0, 0.05) is 36.4 Å². The lowest BCUT2D eigenvalue weighted by Crippen LogP contribution is -2.99. The molecule has 0 aromatic heterocycles. The van der Waals surface area contributed by atoms with E-state index in [1.807, 2.05) is 0 Å². The molecule has 1 aliphatic heterocycles. The van der Waals surface area contributed by atoms with Crippen LogP contribution >= 0.6 is 0 Å². The highest BCUT2D eigenvalue weighted by molar-refractivity contribution is 5.92. The van der Waals surface area contributed by atoms with Crippen molar-refractivity contribution < 1.29 is 74.2 Å². The topological polar surface area (TPSA) is 258 Å². The van der Waals surface area contributed by atoms with Gasteiger partial charge < -0.3 is 39.3 Å².